The summed E-state index contributed by atoms with van der Waals surface area (Å²) >= 11 is 0. The van der Waals surface area contributed by atoms with E-state index in [0.717, 1.165) is 12.1 Å². The summed E-state index contributed by atoms with van der Waals surface area (Å²) in [6, 6.07) is 6.33. The highest BCUT2D eigenvalue weighted by Crippen LogP contribution is 2.40. The van der Waals surface area contributed by atoms with Gasteiger partial charge in [-0.25, -0.2) is 4.79 Å². The predicted molar refractivity (Wildman–Crippen MR) is 66.0 cm³/mol. The maximum Gasteiger partial charge on any atom is 0.419 e. The van der Waals surface area contributed by atoms with E-state index in [2.05, 4.69) is 25.2 Å². The van der Waals surface area contributed by atoms with Gasteiger partial charge in [-0.15, -0.1) is 0 Å². The van der Waals surface area contributed by atoms with Crippen LogP contribution in [-0.2, 0) is 7.05 Å². The molecule has 1 unspecified atom stereocenters. The topological polar surface area (TPSA) is 47.2 Å². The van der Waals surface area contributed by atoms with Gasteiger partial charge in [-0.1, -0.05) is 19.9 Å². The van der Waals surface area contributed by atoms with Crippen molar-refractivity contribution in [1.82, 2.24) is 9.88 Å². The molecule has 0 bridgehead atoms. The predicted octanol–water partition coefficient (Wildman–Crippen LogP) is 1.80. The van der Waals surface area contributed by atoms with E-state index >= 15 is 0 Å². The van der Waals surface area contributed by atoms with Crippen LogP contribution in [0, 0.1) is 5.41 Å². The molecular weight excluding hydrogens is 216 g/mol. The van der Waals surface area contributed by atoms with E-state index in [1.54, 1.807) is 7.05 Å². The zero-order valence-electron chi connectivity index (χ0n) is 10.3. The Morgan fingerprint density at radius 1 is 1.47 bits per heavy atom. The molecule has 0 radical (unpaired) electrons. The van der Waals surface area contributed by atoms with E-state index in [0.29, 0.717) is 11.6 Å². The molecule has 1 atom stereocenters. The Bertz CT molecular complexity index is 636. The number of hydrogen-bond acceptors (Lipinski definition) is 3. The summed E-state index contributed by atoms with van der Waals surface area (Å²) in [5, 5.41) is 3.41. The monoisotopic (exact) mass is 232 g/mol. The first-order chi connectivity index (χ1) is 7.99. The third-order valence-corrected chi connectivity index (χ3v) is 3.69. The van der Waals surface area contributed by atoms with Crippen molar-refractivity contribution < 1.29 is 4.42 Å². The standard InChI is InChI=1S/C13H16N2O2/c1-13(2)7-14-11(13)8-4-5-9-10(6-8)17-12(16)15(9)3/h4-6,11,14H,7H2,1-3H3. The van der Waals surface area contributed by atoms with Gasteiger partial charge in [0.2, 0.25) is 0 Å². The number of benzene rings is 1. The van der Waals surface area contributed by atoms with Gasteiger partial charge in [0.1, 0.15) is 0 Å². The number of oxazole rings is 1. The van der Waals surface area contributed by atoms with Crippen LogP contribution < -0.4 is 11.1 Å². The van der Waals surface area contributed by atoms with Crippen molar-refractivity contribution >= 4 is 11.1 Å². The maximum absolute atomic E-state index is 11.4. The summed E-state index contributed by atoms with van der Waals surface area (Å²) < 4.78 is 6.73. The molecule has 90 valence electrons. The highest BCUT2D eigenvalue weighted by Gasteiger charge is 2.39. The summed E-state index contributed by atoms with van der Waals surface area (Å²) in [6.07, 6.45) is 0. The Morgan fingerprint density at radius 2 is 2.24 bits per heavy atom. The van der Waals surface area contributed by atoms with E-state index < -0.39 is 0 Å². The first-order valence-electron chi connectivity index (χ1n) is 5.82. The van der Waals surface area contributed by atoms with Gasteiger partial charge in [0.25, 0.3) is 0 Å². The van der Waals surface area contributed by atoms with Crippen LogP contribution in [0.4, 0.5) is 0 Å². The molecule has 0 aliphatic carbocycles. The van der Waals surface area contributed by atoms with Crippen molar-refractivity contribution in [3.05, 3.63) is 34.3 Å². The fourth-order valence-electron chi connectivity index (χ4n) is 2.51. The minimum Gasteiger partial charge on any atom is -0.408 e. The van der Waals surface area contributed by atoms with E-state index in [9.17, 15) is 4.79 Å². The van der Waals surface area contributed by atoms with Crippen molar-refractivity contribution in [2.45, 2.75) is 19.9 Å². The lowest BCUT2D eigenvalue weighted by atomic mass is 9.74. The number of nitrogens with zero attached hydrogens (tertiary/aromatic N) is 1. The van der Waals surface area contributed by atoms with Crippen molar-refractivity contribution in [2.24, 2.45) is 12.5 Å². The molecule has 1 aliphatic rings. The minimum atomic E-state index is -0.307. The highest BCUT2D eigenvalue weighted by molar-refractivity contribution is 5.73. The Hall–Kier alpha value is -1.55. The third-order valence-electron chi connectivity index (χ3n) is 3.69. The number of rotatable bonds is 1. The zero-order valence-corrected chi connectivity index (χ0v) is 10.3. The van der Waals surface area contributed by atoms with Crippen molar-refractivity contribution in [2.75, 3.05) is 6.54 Å². The normalized spacial score (nSPS) is 22.6. The number of hydrogen-bond donors (Lipinski definition) is 1. The Balaban J connectivity index is 2.11. The van der Waals surface area contributed by atoms with Gasteiger partial charge in [0, 0.05) is 19.6 Å². The van der Waals surface area contributed by atoms with Crippen LogP contribution in [0.5, 0.6) is 0 Å². The molecule has 2 aromatic rings. The average Bonchev–Trinajstić information content (AvgIpc) is 2.53. The average molecular weight is 232 g/mol. The van der Waals surface area contributed by atoms with Crippen LogP contribution in [0.2, 0.25) is 0 Å². The molecule has 1 fully saturated rings. The molecule has 4 nitrogen and oxygen atoms in total. The summed E-state index contributed by atoms with van der Waals surface area (Å²) in [6.45, 7) is 5.49. The lowest BCUT2D eigenvalue weighted by molar-refractivity contribution is 0.128. The number of nitrogens with one attached hydrogen (secondary N) is 1. The minimum absolute atomic E-state index is 0.267. The zero-order chi connectivity index (χ0) is 12.2. The van der Waals surface area contributed by atoms with Crippen LogP contribution in [-0.4, -0.2) is 11.1 Å². The first-order valence-corrected chi connectivity index (χ1v) is 5.82. The van der Waals surface area contributed by atoms with Gasteiger partial charge in [0.05, 0.1) is 5.52 Å². The second-order valence-electron chi connectivity index (χ2n) is 5.46. The molecule has 1 aromatic carbocycles. The molecule has 1 saturated heterocycles. The van der Waals surface area contributed by atoms with Crippen LogP contribution in [0.3, 0.4) is 0 Å². The van der Waals surface area contributed by atoms with Gasteiger partial charge < -0.3 is 9.73 Å². The molecule has 1 N–H and O–H groups in total. The highest BCUT2D eigenvalue weighted by atomic mass is 16.4. The molecule has 1 aliphatic heterocycles. The number of fused-ring (bicyclic) bond motifs is 1. The Labute approximate surface area is 99.2 Å². The summed E-state index contributed by atoms with van der Waals surface area (Å²) in [4.78, 5) is 11.4. The van der Waals surface area contributed by atoms with Gasteiger partial charge in [-0.05, 0) is 23.1 Å². The van der Waals surface area contributed by atoms with Crippen LogP contribution in [0.25, 0.3) is 11.1 Å². The maximum atomic E-state index is 11.4. The van der Waals surface area contributed by atoms with Gasteiger partial charge >= 0.3 is 5.76 Å². The second kappa shape index (κ2) is 3.23. The molecule has 1 aromatic heterocycles. The van der Waals surface area contributed by atoms with Crippen LogP contribution >= 0.6 is 0 Å². The largest absolute Gasteiger partial charge is 0.419 e. The van der Waals surface area contributed by atoms with Crippen molar-refractivity contribution in [1.29, 1.82) is 0 Å². The van der Waals surface area contributed by atoms with Gasteiger partial charge in [-0.2, -0.15) is 0 Å². The summed E-state index contributed by atoms with van der Waals surface area (Å²) in [7, 11) is 1.72. The SMILES string of the molecule is Cn1c(=O)oc2cc(C3NCC3(C)C)ccc21. The molecule has 17 heavy (non-hydrogen) atoms. The van der Waals surface area contributed by atoms with E-state index in [1.165, 1.54) is 10.1 Å². The Morgan fingerprint density at radius 3 is 2.82 bits per heavy atom. The molecular formula is C13H16N2O2. The lowest BCUT2D eigenvalue weighted by Gasteiger charge is -2.46. The van der Waals surface area contributed by atoms with Gasteiger partial charge in [-0.3, -0.25) is 4.57 Å². The number of aromatic nitrogens is 1. The van der Waals surface area contributed by atoms with E-state index in [4.69, 9.17) is 4.42 Å². The van der Waals surface area contributed by atoms with Gasteiger partial charge in [0.15, 0.2) is 5.58 Å². The molecule has 0 amide bonds. The van der Waals surface area contributed by atoms with Crippen LogP contribution in [0.15, 0.2) is 27.4 Å². The smallest absolute Gasteiger partial charge is 0.408 e. The fraction of sp³-hybridized carbons (Fsp3) is 0.462. The molecule has 4 heteroatoms. The molecule has 0 spiro atoms. The summed E-state index contributed by atoms with van der Waals surface area (Å²) in [5.41, 5.74) is 2.96. The van der Waals surface area contributed by atoms with Crippen molar-refractivity contribution in [3.8, 4) is 0 Å². The lowest BCUT2D eigenvalue weighted by Crippen LogP contribution is -2.52. The van der Waals surface area contributed by atoms with E-state index in [-0.39, 0.29) is 11.2 Å². The first kappa shape index (κ1) is 10.6. The molecule has 3 rings (SSSR count). The fourth-order valence-corrected chi connectivity index (χ4v) is 2.51. The second-order valence-corrected chi connectivity index (χ2v) is 5.46. The quantitative estimate of drug-likeness (QED) is 0.815. The Kier molecular flexibility index (Phi) is 2.01. The third kappa shape index (κ3) is 1.44. The molecule has 0 saturated carbocycles. The van der Waals surface area contributed by atoms with Crippen LogP contribution in [0.1, 0.15) is 25.5 Å². The molecule has 2 heterocycles. The summed E-state index contributed by atoms with van der Waals surface area (Å²) in [5.74, 6) is -0.307. The number of aryl methyl sites for hydroxylation is 1. The van der Waals surface area contributed by atoms with E-state index in [1.807, 2.05) is 12.1 Å². The van der Waals surface area contributed by atoms with Crippen molar-refractivity contribution in [3.63, 3.8) is 0 Å².